The number of ether oxygens (including phenoxy) is 1. The SMILES string of the molecule is COc1ccc(-c2nc(CN3CCCN(C(=O)c4ccccc4)CC3)co2)cc1. The molecule has 1 aliphatic heterocycles. The molecule has 0 radical (unpaired) electrons. The van der Waals surface area contributed by atoms with Crippen molar-refractivity contribution >= 4 is 5.91 Å². The monoisotopic (exact) mass is 391 g/mol. The van der Waals surface area contributed by atoms with Crippen LogP contribution in [-0.2, 0) is 6.54 Å². The smallest absolute Gasteiger partial charge is 0.253 e. The molecule has 1 saturated heterocycles. The lowest BCUT2D eigenvalue weighted by Gasteiger charge is -2.21. The zero-order valence-electron chi connectivity index (χ0n) is 16.6. The van der Waals surface area contributed by atoms with E-state index in [9.17, 15) is 4.79 Å². The normalized spacial score (nSPS) is 15.1. The van der Waals surface area contributed by atoms with Crippen LogP contribution >= 0.6 is 0 Å². The Labute approximate surface area is 170 Å². The van der Waals surface area contributed by atoms with Gasteiger partial charge in [0.2, 0.25) is 5.89 Å². The van der Waals surface area contributed by atoms with E-state index >= 15 is 0 Å². The summed E-state index contributed by atoms with van der Waals surface area (Å²) in [6.07, 6.45) is 2.67. The van der Waals surface area contributed by atoms with Crippen molar-refractivity contribution in [3.05, 3.63) is 72.1 Å². The number of methoxy groups -OCH3 is 1. The predicted molar refractivity (Wildman–Crippen MR) is 111 cm³/mol. The van der Waals surface area contributed by atoms with Crippen LogP contribution in [0.15, 0.2) is 65.3 Å². The molecule has 1 aliphatic rings. The lowest BCUT2D eigenvalue weighted by molar-refractivity contribution is 0.0761. The van der Waals surface area contributed by atoms with Gasteiger partial charge in [0.1, 0.15) is 12.0 Å². The molecule has 1 fully saturated rings. The molecule has 0 aliphatic carbocycles. The molecular formula is C23H25N3O3. The highest BCUT2D eigenvalue weighted by Gasteiger charge is 2.21. The molecule has 6 nitrogen and oxygen atoms in total. The van der Waals surface area contributed by atoms with Crippen LogP contribution in [0, 0.1) is 0 Å². The van der Waals surface area contributed by atoms with Crippen molar-refractivity contribution in [2.24, 2.45) is 0 Å². The highest BCUT2D eigenvalue weighted by molar-refractivity contribution is 5.94. The van der Waals surface area contributed by atoms with Crippen molar-refractivity contribution < 1.29 is 13.9 Å². The van der Waals surface area contributed by atoms with Gasteiger partial charge < -0.3 is 14.1 Å². The van der Waals surface area contributed by atoms with Gasteiger partial charge in [0, 0.05) is 43.9 Å². The first-order valence-corrected chi connectivity index (χ1v) is 9.88. The van der Waals surface area contributed by atoms with E-state index in [0.29, 0.717) is 12.4 Å². The van der Waals surface area contributed by atoms with Gasteiger partial charge in [-0.1, -0.05) is 18.2 Å². The van der Waals surface area contributed by atoms with Gasteiger partial charge >= 0.3 is 0 Å². The van der Waals surface area contributed by atoms with Crippen molar-refractivity contribution in [1.82, 2.24) is 14.8 Å². The molecule has 1 aromatic heterocycles. The Bertz CT molecular complexity index is 938. The van der Waals surface area contributed by atoms with Crippen LogP contribution < -0.4 is 4.74 Å². The topological polar surface area (TPSA) is 58.8 Å². The fourth-order valence-electron chi connectivity index (χ4n) is 3.57. The highest BCUT2D eigenvalue weighted by atomic mass is 16.5. The first kappa shape index (κ1) is 19.2. The molecule has 0 atom stereocenters. The van der Waals surface area contributed by atoms with Crippen LogP contribution in [0.5, 0.6) is 5.75 Å². The minimum atomic E-state index is 0.107. The summed E-state index contributed by atoms with van der Waals surface area (Å²) < 4.78 is 10.9. The largest absolute Gasteiger partial charge is 0.497 e. The molecule has 1 amide bonds. The summed E-state index contributed by atoms with van der Waals surface area (Å²) in [6, 6.07) is 17.2. The van der Waals surface area contributed by atoms with Gasteiger partial charge in [-0.05, 0) is 42.8 Å². The first-order valence-electron chi connectivity index (χ1n) is 9.88. The molecular weight excluding hydrogens is 366 g/mol. The van der Waals surface area contributed by atoms with Crippen molar-refractivity contribution in [3.63, 3.8) is 0 Å². The fourth-order valence-corrected chi connectivity index (χ4v) is 3.57. The summed E-state index contributed by atoms with van der Waals surface area (Å²) in [5, 5.41) is 0. The van der Waals surface area contributed by atoms with Crippen molar-refractivity contribution in [1.29, 1.82) is 0 Å². The second-order valence-electron chi connectivity index (χ2n) is 7.16. The molecule has 2 aromatic carbocycles. The quantitative estimate of drug-likeness (QED) is 0.664. The molecule has 29 heavy (non-hydrogen) atoms. The van der Waals surface area contributed by atoms with Crippen LogP contribution in [-0.4, -0.2) is 54.0 Å². The summed E-state index contributed by atoms with van der Waals surface area (Å²) in [7, 11) is 1.65. The van der Waals surface area contributed by atoms with Crippen molar-refractivity contribution in [2.75, 3.05) is 33.3 Å². The number of rotatable bonds is 5. The summed E-state index contributed by atoms with van der Waals surface area (Å²) in [5.41, 5.74) is 2.58. The number of nitrogens with zero attached hydrogens (tertiary/aromatic N) is 3. The highest BCUT2D eigenvalue weighted by Crippen LogP contribution is 2.22. The van der Waals surface area contributed by atoms with E-state index < -0.39 is 0 Å². The van der Waals surface area contributed by atoms with Gasteiger partial charge in [0.25, 0.3) is 5.91 Å². The number of hydrogen-bond acceptors (Lipinski definition) is 5. The second-order valence-corrected chi connectivity index (χ2v) is 7.16. The number of benzene rings is 2. The molecule has 4 rings (SSSR count). The van der Waals surface area contributed by atoms with E-state index in [1.807, 2.05) is 59.5 Å². The Balaban J connectivity index is 1.36. The Morgan fingerprint density at radius 3 is 2.59 bits per heavy atom. The predicted octanol–water partition coefficient (Wildman–Crippen LogP) is 3.70. The van der Waals surface area contributed by atoms with Gasteiger partial charge in [-0.3, -0.25) is 9.69 Å². The Kier molecular flexibility index (Phi) is 5.91. The standard InChI is InChI=1S/C23H25N3O3/c1-28-21-10-8-18(9-11-21)22-24-20(17-29-22)16-25-12-5-13-26(15-14-25)23(27)19-6-3-2-4-7-19/h2-4,6-11,17H,5,12-16H2,1H3. The number of carbonyl (C=O) groups excluding carboxylic acids is 1. The summed E-state index contributed by atoms with van der Waals surface area (Å²) in [6.45, 7) is 3.97. The molecule has 0 bridgehead atoms. The van der Waals surface area contributed by atoms with Crippen molar-refractivity contribution in [3.8, 4) is 17.2 Å². The Morgan fingerprint density at radius 1 is 1.03 bits per heavy atom. The van der Waals surface area contributed by atoms with E-state index in [1.165, 1.54) is 0 Å². The van der Waals surface area contributed by atoms with E-state index in [2.05, 4.69) is 9.88 Å². The van der Waals surface area contributed by atoms with E-state index in [0.717, 1.165) is 55.2 Å². The van der Waals surface area contributed by atoms with Gasteiger partial charge in [-0.25, -0.2) is 4.98 Å². The molecule has 3 aromatic rings. The van der Waals surface area contributed by atoms with E-state index in [4.69, 9.17) is 9.15 Å². The third-order valence-electron chi connectivity index (χ3n) is 5.17. The average Bonchev–Trinajstić information content (AvgIpc) is 3.11. The summed E-state index contributed by atoms with van der Waals surface area (Å²) in [4.78, 5) is 21.6. The number of carbonyl (C=O) groups is 1. The molecule has 6 heteroatoms. The number of amides is 1. The Hall–Kier alpha value is -3.12. The molecule has 2 heterocycles. The zero-order chi connectivity index (χ0) is 20.1. The summed E-state index contributed by atoms with van der Waals surface area (Å²) >= 11 is 0. The van der Waals surface area contributed by atoms with Crippen LogP contribution in [0.1, 0.15) is 22.5 Å². The number of oxazole rings is 1. The van der Waals surface area contributed by atoms with Crippen LogP contribution in [0.3, 0.4) is 0 Å². The first-order chi connectivity index (χ1) is 14.2. The molecule has 0 unspecified atom stereocenters. The lowest BCUT2D eigenvalue weighted by Crippen LogP contribution is -2.35. The number of aromatic nitrogens is 1. The molecule has 150 valence electrons. The van der Waals surface area contributed by atoms with E-state index in [1.54, 1.807) is 13.4 Å². The number of hydrogen-bond donors (Lipinski definition) is 0. The van der Waals surface area contributed by atoms with Gasteiger partial charge in [-0.2, -0.15) is 0 Å². The van der Waals surface area contributed by atoms with Crippen LogP contribution in [0.2, 0.25) is 0 Å². The maximum absolute atomic E-state index is 12.7. The lowest BCUT2D eigenvalue weighted by atomic mass is 10.2. The van der Waals surface area contributed by atoms with Crippen molar-refractivity contribution in [2.45, 2.75) is 13.0 Å². The minimum Gasteiger partial charge on any atom is -0.497 e. The Morgan fingerprint density at radius 2 is 1.83 bits per heavy atom. The van der Waals surface area contributed by atoms with Crippen LogP contribution in [0.25, 0.3) is 11.5 Å². The third-order valence-corrected chi connectivity index (χ3v) is 5.17. The zero-order valence-corrected chi connectivity index (χ0v) is 16.6. The maximum atomic E-state index is 12.7. The van der Waals surface area contributed by atoms with E-state index in [-0.39, 0.29) is 5.91 Å². The molecule has 0 spiro atoms. The molecule has 0 saturated carbocycles. The average molecular weight is 391 g/mol. The fraction of sp³-hybridized carbons (Fsp3) is 0.304. The summed E-state index contributed by atoms with van der Waals surface area (Å²) in [5.74, 6) is 1.52. The van der Waals surface area contributed by atoms with Crippen LogP contribution in [0.4, 0.5) is 0 Å². The third kappa shape index (κ3) is 4.66. The minimum absolute atomic E-state index is 0.107. The molecule has 0 N–H and O–H groups in total. The van der Waals surface area contributed by atoms with Gasteiger partial charge in [0.15, 0.2) is 0 Å². The second kappa shape index (κ2) is 8.92. The maximum Gasteiger partial charge on any atom is 0.253 e. The van der Waals surface area contributed by atoms with Gasteiger partial charge in [0.05, 0.1) is 12.8 Å². The van der Waals surface area contributed by atoms with Gasteiger partial charge in [-0.15, -0.1) is 0 Å².